The molecular weight excluding hydrogens is 542 g/mol. The number of ether oxygens (including phenoxy) is 2. The topological polar surface area (TPSA) is 85.2 Å². The second-order valence-electron chi connectivity index (χ2n) is 7.88. The van der Waals surface area contributed by atoms with E-state index in [2.05, 4.69) is 45.2 Å². The van der Waals surface area contributed by atoms with E-state index >= 15 is 0 Å². The lowest BCUT2D eigenvalue weighted by Gasteiger charge is -2.10. The summed E-state index contributed by atoms with van der Waals surface area (Å²) in [5.74, 6) is -0.683. The summed E-state index contributed by atoms with van der Waals surface area (Å²) >= 11 is 4.61. The average Bonchev–Trinajstić information content (AvgIpc) is 3.17. The Morgan fingerprint density at radius 3 is 2.56 bits per heavy atom. The molecule has 1 N–H and O–H groups in total. The fourth-order valence-corrected chi connectivity index (χ4v) is 5.09. The maximum absolute atomic E-state index is 12.4. The Hall–Kier alpha value is -3.36. The number of nitrogens with zero attached hydrogens (tertiary/aromatic N) is 1. The van der Waals surface area contributed by atoms with Crippen LogP contribution in [0.15, 0.2) is 86.4 Å². The van der Waals surface area contributed by atoms with Crippen molar-refractivity contribution in [2.24, 2.45) is 4.99 Å². The third kappa shape index (κ3) is 5.88. The fraction of sp³-hybridized carbons (Fsp3) is 0.179. The van der Waals surface area contributed by atoms with Gasteiger partial charge in [-0.05, 0) is 69.0 Å². The van der Waals surface area contributed by atoms with E-state index in [1.165, 1.54) is 5.39 Å². The van der Waals surface area contributed by atoms with Crippen molar-refractivity contribution in [1.82, 2.24) is 0 Å². The number of fused-ring (bicyclic) bond motifs is 1. The van der Waals surface area contributed by atoms with Gasteiger partial charge in [-0.15, -0.1) is 0 Å². The lowest BCUT2D eigenvalue weighted by Crippen LogP contribution is -2.14. The largest absolute Gasteiger partial charge is 0.506 e. The first-order chi connectivity index (χ1) is 17.4. The fourth-order valence-electron chi connectivity index (χ4n) is 3.55. The molecule has 1 amide bonds. The molecule has 4 rings (SSSR count). The van der Waals surface area contributed by atoms with Gasteiger partial charge in [-0.1, -0.05) is 61.2 Å². The Morgan fingerprint density at radius 1 is 1.06 bits per heavy atom. The number of benzene rings is 3. The van der Waals surface area contributed by atoms with Crippen LogP contribution >= 0.6 is 27.7 Å². The van der Waals surface area contributed by atoms with Crippen LogP contribution in [-0.4, -0.2) is 28.6 Å². The van der Waals surface area contributed by atoms with Crippen LogP contribution in [0.5, 0.6) is 5.75 Å². The standard InChI is InChI=1S/C28H24BrNO5S/c1-3-24(31)30-27-25(28(33)34-4-2)26(32)23(36-27)15-17-10-12-22(21(29)14-17)35-16-18-9-11-19-7-5-6-8-20(19)13-18/h5-15,32H,3-4,16H2,1-2H3/b23-15-,30-27?. The molecule has 3 aromatic rings. The second-order valence-corrected chi connectivity index (χ2v) is 9.76. The summed E-state index contributed by atoms with van der Waals surface area (Å²) in [6.07, 6.45) is 1.91. The van der Waals surface area contributed by atoms with Gasteiger partial charge in [-0.3, -0.25) is 4.79 Å². The maximum Gasteiger partial charge on any atom is 0.344 e. The second kappa shape index (κ2) is 11.6. The van der Waals surface area contributed by atoms with E-state index in [1.54, 1.807) is 19.9 Å². The van der Waals surface area contributed by atoms with Gasteiger partial charge in [0.2, 0.25) is 5.91 Å². The highest BCUT2D eigenvalue weighted by Crippen LogP contribution is 2.40. The number of amides is 1. The molecule has 0 aliphatic carbocycles. The Morgan fingerprint density at radius 2 is 1.83 bits per heavy atom. The lowest BCUT2D eigenvalue weighted by atomic mass is 10.1. The van der Waals surface area contributed by atoms with Gasteiger partial charge in [0.05, 0.1) is 16.0 Å². The number of aliphatic hydroxyl groups excluding tert-OH is 1. The molecule has 0 atom stereocenters. The van der Waals surface area contributed by atoms with E-state index in [4.69, 9.17) is 9.47 Å². The summed E-state index contributed by atoms with van der Waals surface area (Å²) < 4.78 is 11.8. The number of halogens is 1. The number of esters is 1. The van der Waals surface area contributed by atoms with E-state index in [1.807, 2.05) is 36.4 Å². The zero-order valence-corrected chi connectivity index (χ0v) is 22.2. The van der Waals surface area contributed by atoms with Crippen molar-refractivity contribution in [3.8, 4) is 5.75 Å². The molecule has 184 valence electrons. The average molecular weight is 566 g/mol. The van der Waals surface area contributed by atoms with Gasteiger partial charge in [0.15, 0.2) is 0 Å². The summed E-state index contributed by atoms with van der Waals surface area (Å²) in [5, 5.41) is 13.2. The number of rotatable bonds is 7. The SMILES string of the molecule is CCOC(=O)C1=C(O)/C(=C/c2ccc(OCc3ccc4ccccc4c3)c(Br)c2)SC1=NC(=O)CC. The quantitative estimate of drug-likeness (QED) is 0.311. The number of hydrogen-bond acceptors (Lipinski definition) is 6. The van der Waals surface area contributed by atoms with Crippen LogP contribution in [0.4, 0.5) is 0 Å². The van der Waals surface area contributed by atoms with Crippen LogP contribution in [0.3, 0.4) is 0 Å². The molecule has 0 fully saturated rings. The van der Waals surface area contributed by atoms with Crippen molar-refractivity contribution in [1.29, 1.82) is 0 Å². The van der Waals surface area contributed by atoms with Crippen LogP contribution < -0.4 is 4.74 Å². The highest BCUT2D eigenvalue weighted by atomic mass is 79.9. The van der Waals surface area contributed by atoms with Gasteiger partial charge in [-0.25, -0.2) is 9.79 Å². The van der Waals surface area contributed by atoms with Gasteiger partial charge in [0.25, 0.3) is 0 Å². The minimum atomic E-state index is -0.716. The highest BCUT2D eigenvalue weighted by molar-refractivity contribution is 9.10. The van der Waals surface area contributed by atoms with Crippen LogP contribution in [0.2, 0.25) is 0 Å². The van der Waals surface area contributed by atoms with E-state index in [-0.39, 0.29) is 35.3 Å². The van der Waals surface area contributed by atoms with Gasteiger partial charge < -0.3 is 14.6 Å². The Labute approximate surface area is 221 Å². The minimum absolute atomic E-state index is 0.0932. The molecular formula is C28H24BrNO5S. The maximum atomic E-state index is 12.4. The summed E-state index contributed by atoms with van der Waals surface area (Å²) in [4.78, 5) is 28.7. The molecule has 1 aliphatic heterocycles. The summed E-state index contributed by atoms with van der Waals surface area (Å²) in [5.41, 5.74) is 1.73. The molecule has 0 saturated heterocycles. The highest BCUT2D eigenvalue weighted by Gasteiger charge is 2.33. The smallest absolute Gasteiger partial charge is 0.344 e. The van der Waals surface area contributed by atoms with Crippen molar-refractivity contribution in [3.63, 3.8) is 0 Å². The van der Waals surface area contributed by atoms with E-state index in [0.29, 0.717) is 17.3 Å². The molecule has 36 heavy (non-hydrogen) atoms. The predicted molar refractivity (Wildman–Crippen MR) is 147 cm³/mol. The zero-order chi connectivity index (χ0) is 25.7. The minimum Gasteiger partial charge on any atom is -0.506 e. The van der Waals surface area contributed by atoms with Gasteiger partial charge >= 0.3 is 5.97 Å². The molecule has 0 unspecified atom stereocenters. The molecule has 3 aromatic carbocycles. The first-order valence-corrected chi connectivity index (χ1v) is 13.0. The zero-order valence-electron chi connectivity index (χ0n) is 19.8. The molecule has 0 aromatic heterocycles. The normalized spacial score (nSPS) is 15.6. The Balaban J connectivity index is 1.54. The van der Waals surface area contributed by atoms with Gasteiger partial charge in [0.1, 0.15) is 28.7 Å². The summed E-state index contributed by atoms with van der Waals surface area (Å²) in [7, 11) is 0. The molecule has 1 aliphatic rings. The molecule has 0 spiro atoms. The van der Waals surface area contributed by atoms with E-state index < -0.39 is 5.97 Å². The third-order valence-electron chi connectivity index (χ3n) is 5.36. The molecule has 8 heteroatoms. The number of thioether (sulfide) groups is 1. The van der Waals surface area contributed by atoms with Gasteiger partial charge in [-0.2, -0.15) is 0 Å². The molecule has 0 bridgehead atoms. The number of aliphatic hydroxyl groups is 1. The first-order valence-electron chi connectivity index (χ1n) is 11.4. The molecule has 0 saturated carbocycles. The number of hydrogen-bond donors (Lipinski definition) is 1. The summed E-state index contributed by atoms with van der Waals surface area (Å²) in [6.45, 7) is 3.90. The number of aliphatic imine (C=N–C) groups is 1. The third-order valence-corrected chi connectivity index (χ3v) is 7.00. The molecule has 0 radical (unpaired) electrons. The van der Waals surface area contributed by atoms with Crippen molar-refractivity contribution in [2.45, 2.75) is 26.9 Å². The lowest BCUT2D eigenvalue weighted by molar-refractivity contribution is -0.138. The Bertz CT molecular complexity index is 1430. The predicted octanol–water partition coefficient (Wildman–Crippen LogP) is 6.98. The van der Waals surface area contributed by atoms with E-state index in [9.17, 15) is 14.7 Å². The number of carbonyl (C=O) groups excluding carboxylic acids is 2. The molecule has 6 nitrogen and oxygen atoms in total. The van der Waals surface area contributed by atoms with Crippen molar-refractivity contribution in [3.05, 3.63) is 92.5 Å². The molecule has 1 heterocycles. The Kier molecular flexibility index (Phi) is 8.28. The van der Waals surface area contributed by atoms with E-state index in [0.717, 1.165) is 32.7 Å². The summed E-state index contributed by atoms with van der Waals surface area (Å²) in [6, 6.07) is 19.9. The van der Waals surface area contributed by atoms with Crippen molar-refractivity contribution >= 4 is 61.5 Å². The van der Waals surface area contributed by atoms with Crippen molar-refractivity contribution < 1.29 is 24.2 Å². The monoisotopic (exact) mass is 565 g/mol. The van der Waals surface area contributed by atoms with Gasteiger partial charge in [0, 0.05) is 6.42 Å². The van der Waals surface area contributed by atoms with Crippen LogP contribution in [-0.2, 0) is 20.9 Å². The van der Waals surface area contributed by atoms with Crippen LogP contribution in [0, 0.1) is 0 Å². The number of carbonyl (C=O) groups is 2. The van der Waals surface area contributed by atoms with Crippen LogP contribution in [0.1, 0.15) is 31.4 Å². The van der Waals surface area contributed by atoms with Crippen molar-refractivity contribution in [2.75, 3.05) is 6.61 Å². The van der Waals surface area contributed by atoms with Crippen LogP contribution in [0.25, 0.3) is 16.8 Å². The first kappa shape index (κ1) is 25.7.